The molecule has 1 unspecified atom stereocenters. The fourth-order valence-electron chi connectivity index (χ4n) is 1.21. The van der Waals surface area contributed by atoms with Gasteiger partial charge in [0.2, 0.25) is 0 Å². The summed E-state index contributed by atoms with van der Waals surface area (Å²) in [5.74, 6) is 0.688. The highest BCUT2D eigenvalue weighted by Crippen LogP contribution is 2.12. The van der Waals surface area contributed by atoms with Crippen LogP contribution in [-0.2, 0) is 0 Å². The minimum Gasteiger partial charge on any atom is -0.491 e. The summed E-state index contributed by atoms with van der Waals surface area (Å²) in [5, 5.41) is 16.4. The highest BCUT2D eigenvalue weighted by Gasteiger charge is 2.06. The Kier molecular flexibility index (Phi) is 4.12. The number of benzene rings is 1. The lowest BCUT2D eigenvalue weighted by molar-refractivity contribution is 0.113. The van der Waals surface area contributed by atoms with E-state index in [1.807, 2.05) is 31.2 Å². The van der Waals surface area contributed by atoms with Crippen LogP contribution in [0, 0.1) is 12.3 Å². The molecule has 4 N–H and O–H groups in total. The molecule has 1 aromatic rings. The fourth-order valence-corrected chi connectivity index (χ4v) is 1.21. The molecular formula is C11H16N2O2. The third kappa shape index (κ3) is 4.46. The number of hydrogen-bond donors (Lipinski definition) is 3. The van der Waals surface area contributed by atoms with Crippen molar-refractivity contribution in [2.75, 3.05) is 6.61 Å². The van der Waals surface area contributed by atoms with E-state index in [0.29, 0.717) is 0 Å². The first-order chi connectivity index (χ1) is 7.08. The quantitative estimate of drug-likeness (QED) is 0.500. The van der Waals surface area contributed by atoms with E-state index in [4.69, 9.17) is 15.9 Å². The van der Waals surface area contributed by atoms with E-state index in [0.717, 1.165) is 11.3 Å². The van der Waals surface area contributed by atoms with E-state index in [1.165, 1.54) is 0 Å². The molecule has 0 saturated heterocycles. The van der Waals surface area contributed by atoms with E-state index in [-0.39, 0.29) is 18.9 Å². The van der Waals surface area contributed by atoms with Crippen molar-refractivity contribution in [3.8, 4) is 5.75 Å². The van der Waals surface area contributed by atoms with Crippen LogP contribution in [0.5, 0.6) is 5.75 Å². The number of aliphatic hydroxyl groups excluding tert-OH is 1. The van der Waals surface area contributed by atoms with Crippen molar-refractivity contribution in [3.63, 3.8) is 0 Å². The van der Waals surface area contributed by atoms with Crippen LogP contribution >= 0.6 is 0 Å². The normalized spacial score (nSPS) is 12.1. The van der Waals surface area contributed by atoms with Gasteiger partial charge in [-0.3, -0.25) is 5.41 Å². The van der Waals surface area contributed by atoms with Gasteiger partial charge in [-0.2, -0.15) is 0 Å². The number of nitrogens with two attached hydrogens (primary N) is 1. The molecule has 0 aromatic heterocycles. The van der Waals surface area contributed by atoms with E-state index >= 15 is 0 Å². The Morgan fingerprint density at radius 1 is 1.60 bits per heavy atom. The number of amidine groups is 1. The van der Waals surface area contributed by atoms with Gasteiger partial charge in [0.05, 0.1) is 11.9 Å². The fraction of sp³-hybridized carbons (Fsp3) is 0.364. The van der Waals surface area contributed by atoms with Crippen LogP contribution in [0.2, 0.25) is 0 Å². The van der Waals surface area contributed by atoms with Gasteiger partial charge >= 0.3 is 0 Å². The third-order valence-corrected chi connectivity index (χ3v) is 1.89. The summed E-state index contributed by atoms with van der Waals surface area (Å²) in [5.41, 5.74) is 6.26. The van der Waals surface area contributed by atoms with Crippen LogP contribution in [0.4, 0.5) is 0 Å². The maximum absolute atomic E-state index is 9.40. The number of hydrogen-bond acceptors (Lipinski definition) is 3. The standard InChI is InChI=1S/C11H16N2O2/c1-8-3-2-4-10(5-8)15-7-9(14)6-11(12)13/h2-5,9,14H,6-7H2,1H3,(H3,12,13). The highest BCUT2D eigenvalue weighted by molar-refractivity contribution is 5.77. The van der Waals surface area contributed by atoms with Gasteiger partial charge in [0, 0.05) is 6.42 Å². The number of nitrogens with one attached hydrogen (secondary N) is 1. The van der Waals surface area contributed by atoms with Crippen molar-refractivity contribution in [2.24, 2.45) is 5.73 Å². The van der Waals surface area contributed by atoms with Crippen molar-refractivity contribution in [3.05, 3.63) is 29.8 Å². The number of ether oxygens (including phenoxy) is 1. The van der Waals surface area contributed by atoms with Gasteiger partial charge in [0.1, 0.15) is 12.4 Å². The van der Waals surface area contributed by atoms with Gasteiger partial charge in [0.15, 0.2) is 0 Å². The molecule has 82 valence electrons. The average molecular weight is 208 g/mol. The lowest BCUT2D eigenvalue weighted by atomic mass is 10.2. The van der Waals surface area contributed by atoms with Crippen molar-refractivity contribution in [2.45, 2.75) is 19.4 Å². The Morgan fingerprint density at radius 2 is 2.33 bits per heavy atom. The number of rotatable bonds is 5. The molecule has 0 heterocycles. The minimum absolute atomic E-state index is 0.0321. The zero-order valence-corrected chi connectivity index (χ0v) is 8.73. The summed E-state index contributed by atoms with van der Waals surface area (Å²) in [6, 6.07) is 7.58. The average Bonchev–Trinajstić information content (AvgIpc) is 2.14. The van der Waals surface area contributed by atoms with Gasteiger partial charge in [-0.25, -0.2) is 0 Å². The van der Waals surface area contributed by atoms with Crippen molar-refractivity contribution >= 4 is 5.84 Å². The van der Waals surface area contributed by atoms with Crippen LogP contribution in [0.25, 0.3) is 0 Å². The van der Waals surface area contributed by atoms with E-state index in [1.54, 1.807) is 0 Å². The predicted molar refractivity (Wildman–Crippen MR) is 59.2 cm³/mol. The maximum Gasteiger partial charge on any atom is 0.119 e. The predicted octanol–water partition coefficient (Wildman–Crippen LogP) is 1.06. The van der Waals surface area contributed by atoms with Gasteiger partial charge in [-0.15, -0.1) is 0 Å². The molecule has 1 aromatic carbocycles. The summed E-state index contributed by atoms with van der Waals surface area (Å²) >= 11 is 0. The third-order valence-electron chi connectivity index (χ3n) is 1.89. The minimum atomic E-state index is -0.719. The molecule has 1 atom stereocenters. The first kappa shape index (κ1) is 11.5. The van der Waals surface area contributed by atoms with Crippen molar-refractivity contribution < 1.29 is 9.84 Å². The lowest BCUT2D eigenvalue weighted by Gasteiger charge is -2.11. The van der Waals surface area contributed by atoms with E-state index in [9.17, 15) is 5.11 Å². The first-order valence-corrected chi connectivity index (χ1v) is 4.78. The summed E-state index contributed by atoms with van der Waals surface area (Å²) in [4.78, 5) is 0. The molecule has 0 saturated carbocycles. The summed E-state index contributed by atoms with van der Waals surface area (Å²) < 4.78 is 5.35. The van der Waals surface area contributed by atoms with Crippen LogP contribution in [0.1, 0.15) is 12.0 Å². The molecule has 0 fully saturated rings. The molecule has 0 aliphatic carbocycles. The van der Waals surface area contributed by atoms with Crippen molar-refractivity contribution in [1.82, 2.24) is 0 Å². The molecule has 0 amide bonds. The molecule has 0 spiro atoms. The number of aliphatic hydroxyl groups is 1. The zero-order valence-electron chi connectivity index (χ0n) is 8.73. The Labute approximate surface area is 89.2 Å². The molecule has 0 radical (unpaired) electrons. The molecule has 0 aliphatic rings. The van der Waals surface area contributed by atoms with Crippen molar-refractivity contribution in [1.29, 1.82) is 5.41 Å². The van der Waals surface area contributed by atoms with E-state index in [2.05, 4.69) is 0 Å². The number of aryl methyl sites for hydroxylation is 1. The van der Waals surface area contributed by atoms with Gasteiger partial charge in [0.25, 0.3) is 0 Å². The Balaban J connectivity index is 2.40. The van der Waals surface area contributed by atoms with Gasteiger partial charge in [-0.1, -0.05) is 12.1 Å². The second-order valence-electron chi connectivity index (χ2n) is 3.51. The molecule has 4 heteroatoms. The zero-order chi connectivity index (χ0) is 11.3. The molecule has 15 heavy (non-hydrogen) atoms. The highest BCUT2D eigenvalue weighted by atomic mass is 16.5. The SMILES string of the molecule is Cc1cccc(OCC(O)CC(=N)N)c1. The smallest absolute Gasteiger partial charge is 0.119 e. The molecular weight excluding hydrogens is 192 g/mol. The lowest BCUT2D eigenvalue weighted by Crippen LogP contribution is -2.24. The maximum atomic E-state index is 9.40. The topological polar surface area (TPSA) is 79.3 Å². The van der Waals surface area contributed by atoms with Crippen LogP contribution < -0.4 is 10.5 Å². The Morgan fingerprint density at radius 3 is 2.93 bits per heavy atom. The Hall–Kier alpha value is -1.55. The van der Waals surface area contributed by atoms with Crippen LogP contribution in [0.3, 0.4) is 0 Å². The largest absolute Gasteiger partial charge is 0.491 e. The van der Waals surface area contributed by atoms with Crippen LogP contribution in [-0.4, -0.2) is 23.7 Å². The first-order valence-electron chi connectivity index (χ1n) is 4.78. The van der Waals surface area contributed by atoms with Gasteiger partial charge < -0.3 is 15.6 Å². The van der Waals surface area contributed by atoms with Crippen LogP contribution in [0.15, 0.2) is 24.3 Å². The summed E-state index contributed by atoms with van der Waals surface area (Å²) in [7, 11) is 0. The summed E-state index contributed by atoms with van der Waals surface area (Å²) in [6.07, 6.45) is -0.575. The van der Waals surface area contributed by atoms with Gasteiger partial charge in [-0.05, 0) is 24.6 Å². The Bertz CT molecular complexity index is 339. The summed E-state index contributed by atoms with van der Waals surface area (Å²) in [6.45, 7) is 2.13. The molecule has 4 nitrogen and oxygen atoms in total. The van der Waals surface area contributed by atoms with E-state index < -0.39 is 6.10 Å². The monoisotopic (exact) mass is 208 g/mol. The molecule has 1 rings (SSSR count). The second kappa shape index (κ2) is 5.36. The molecule has 0 aliphatic heterocycles. The second-order valence-corrected chi connectivity index (χ2v) is 3.51. The molecule has 0 bridgehead atoms.